The van der Waals surface area contributed by atoms with Crippen LogP contribution >= 0.6 is 0 Å². The third-order valence-electron chi connectivity index (χ3n) is 3.62. The molecule has 1 aromatic rings. The molecule has 0 heterocycles. The van der Waals surface area contributed by atoms with E-state index in [1.165, 1.54) is 0 Å². The van der Waals surface area contributed by atoms with Crippen molar-refractivity contribution in [3.8, 4) is 0 Å². The number of benzene rings is 1. The molecule has 1 aromatic carbocycles. The Morgan fingerprint density at radius 1 is 1.19 bits per heavy atom. The van der Waals surface area contributed by atoms with E-state index in [4.69, 9.17) is 5.73 Å². The summed E-state index contributed by atoms with van der Waals surface area (Å²) >= 11 is 0. The molecule has 0 aliphatic heterocycles. The van der Waals surface area contributed by atoms with E-state index in [9.17, 15) is 9.59 Å². The van der Waals surface area contributed by atoms with Gasteiger partial charge in [-0.05, 0) is 30.0 Å². The highest BCUT2D eigenvalue weighted by Gasteiger charge is 2.06. The maximum absolute atomic E-state index is 11.6. The molecule has 0 aromatic heterocycles. The van der Waals surface area contributed by atoms with Crippen molar-refractivity contribution < 1.29 is 9.59 Å². The van der Waals surface area contributed by atoms with Crippen LogP contribution in [-0.2, 0) is 6.42 Å². The van der Waals surface area contributed by atoms with Gasteiger partial charge in [0.05, 0.1) is 0 Å². The summed E-state index contributed by atoms with van der Waals surface area (Å²) in [5.74, 6) is 0.0933. The molecule has 0 fully saturated rings. The Bertz CT molecular complexity index is 470. The predicted octanol–water partition coefficient (Wildman–Crippen LogP) is 2.06. The van der Waals surface area contributed by atoms with Gasteiger partial charge in [-0.2, -0.15) is 0 Å². The van der Waals surface area contributed by atoms with E-state index in [1.54, 1.807) is 18.2 Å². The van der Waals surface area contributed by atoms with Crippen molar-refractivity contribution in [1.29, 1.82) is 0 Å². The van der Waals surface area contributed by atoms with Crippen LogP contribution in [0.3, 0.4) is 0 Å². The van der Waals surface area contributed by atoms with Gasteiger partial charge >= 0.3 is 6.03 Å². The molecule has 5 nitrogen and oxygen atoms in total. The van der Waals surface area contributed by atoms with E-state index in [1.807, 2.05) is 6.07 Å². The third-order valence-corrected chi connectivity index (χ3v) is 3.62. The zero-order chi connectivity index (χ0) is 15.7. The number of primary amides is 1. The van der Waals surface area contributed by atoms with Crippen molar-refractivity contribution >= 4 is 11.9 Å². The Labute approximate surface area is 126 Å². The fourth-order valence-electron chi connectivity index (χ4n) is 2.08. The van der Waals surface area contributed by atoms with Crippen molar-refractivity contribution in [3.63, 3.8) is 0 Å². The summed E-state index contributed by atoms with van der Waals surface area (Å²) < 4.78 is 0. The van der Waals surface area contributed by atoms with Crippen molar-refractivity contribution in [1.82, 2.24) is 10.6 Å². The largest absolute Gasteiger partial charge is 0.366 e. The topological polar surface area (TPSA) is 84.2 Å². The van der Waals surface area contributed by atoms with E-state index < -0.39 is 5.91 Å². The van der Waals surface area contributed by atoms with Crippen LogP contribution in [0, 0.1) is 5.92 Å². The zero-order valence-corrected chi connectivity index (χ0v) is 12.8. The second kappa shape index (κ2) is 9.00. The average molecular weight is 291 g/mol. The quantitative estimate of drug-likeness (QED) is 0.685. The number of hydrogen-bond acceptors (Lipinski definition) is 2. The number of amides is 3. The van der Waals surface area contributed by atoms with E-state index in [2.05, 4.69) is 24.5 Å². The molecule has 21 heavy (non-hydrogen) atoms. The number of hydrogen-bond donors (Lipinski definition) is 3. The maximum atomic E-state index is 11.6. The average Bonchev–Trinajstić information content (AvgIpc) is 2.48. The van der Waals surface area contributed by atoms with Gasteiger partial charge in [-0.25, -0.2) is 4.79 Å². The van der Waals surface area contributed by atoms with Crippen LogP contribution in [-0.4, -0.2) is 25.0 Å². The van der Waals surface area contributed by atoms with Crippen LogP contribution in [0.4, 0.5) is 4.79 Å². The van der Waals surface area contributed by atoms with Crippen LogP contribution < -0.4 is 16.4 Å². The normalized spacial score (nSPS) is 10.4. The number of carbonyl (C=O) groups is 2. The summed E-state index contributed by atoms with van der Waals surface area (Å²) in [6, 6.07) is 7.00. The van der Waals surface area contributed by atoms with Crippen LogP contribution in [0.2, 0.25) is 0 Å². The van der Waals surface area contributed by atoms with Gasteiger partial charge in [0.15, 0.2) is 0 Å². The molecule has 0 unspecified atom stereocenters. The Balaban J connectivity index is 2.31. The highest BCUT2D eigenvalue weighted by Crippen LogP contribution is 2.06. The molecule has 0 aliphatic carbocycles. The van der Waals surface area contributed by atoms with Crippen molar-refractivity contribution in [2.75, 3.05) is 13.1 Å². The second-order valence-corrected chi connectivity index (χ2v) is 5.13. The first-order valence-electron chi connectivity index (χ1n) is 7.47. The molecule has 116 valence electrons. The van der Waals surface area contributed by atoms with E-state index in [0.29, 0.717) is 31.0 Å². The van der Waals surface area contributed by atoms with Crippen molar-refractivity contribution in [2.45, 2.75) is 33.1 Å². The Morgan fingerprint density at radius 3 is 2.52 bits per heavy atom. The van der Waals surface area contributed by atoms with Gasteiger partial charge in [0.1, 0.15) is 0 Å². The summed E-state index contributed by atoms with van der Waals surface area (Å²) in [6.45, 7) is 5.48. The molecule has 0 atom stereocenters. The first kappa shape index (κ1) is 17.0. The number of nitrogens with two attached hydrogens (primary N) is 1. The third kappa shape index (κ3) is 6.29. The van der Waals surface area contributed by atoms with Gasteiger partial charge in [-0.15, -0.1) is 0 Å². The lowest BCUT2D eigenvalue weighted by Gasteiger charge is -2.13. The van der Waals surface area contributed by atoms with Gasteiger partial charge in [0.25, 0.3) is 0 Å². The maximum Gasteiger partial charge on any atom is 0.314 e. The van der Waals surface area contributed by atoms with Crippen LogP contribution in [0.25, 0.3) is 0 Å². The van der Waals surface area contributed by atoms with Crippen molar-refractivity contribution in [2.24, 2.45) is 11.7 Å². The number of rotatable bonds is 8. The molecule has 4 N–H and O–H groups in total. The monoisotopic (exact) mass is 291 g/mol. The minimum absolute atomic E-state index is 0.145. The minimum Gasteiger partial charge on any atom is -0.366 e. The van der Waals surface area contributed by atoms with Gasteiger partial charge < -0.3 is 16.4 Å². The number of urea groups is 1. The standard InChI is InChI=1S/C16H25N3O2/c1-3-12(4-2)11-19-16(21)18-9-8-13-6-5-7-14(10-13)15(17)20/h5-7,10,12H,3-4,8-9,11H2,1-2H3,(H2,17,20)(H2,18,19,21). The second-order valence-electron chi connectivity index (χ2n) is 5.13. The van der Waals surface area contributed by atoms with Gasteiger partial charge in [-0.3, -0.25) is 4.79 Å². The minimum atomic E-state index is -0.437. The lowest BCUT2D eigenvalue weighted by Crippen LogP contribution is -2.39. The molecule has 0 spiro atoms. The fraction of sp³-hybridized carbons (Fsp3) is 0.500. The molecule has 1 rings (SSSR count). The number of nitrogens with one attached hydrogen (secondary N) is 2. The first-order chi connectivity index (χ1) is 10.1. The lowest BCUT2D eigenvalue weighted by atomic mass is 10.0. The molecular formula is C16H25N3O2. The summed E-state index contributed by atoms with van der Waals surface area (Å²) in [7, 11) is 0. The zero-order valence-electron chi connectivity index (χ0n) is 12.8. The molecule has 5 heteroatoms. The van der Waals surface area contributed by atoms with Crippen LogP contribution in [0.15, 0.2) is 24.3 Å². The molecule has 0 aliphatic rings. The highest BCUT2D eigenvalue weighted by atomic mass is 16.2. The van der Waals surface area contributed by atoms with E-state index >= 15 is 0 Å². The molecule has 0 bridgehead atoms. The smallest absolute Gasteiger partial charge is 0.314 e. The fourth-order valence-corrected chi connectivity index (χ4v) is 2.08. The summed E-state index contributed by atoms with van der Waals surface area (Å²) in [5, 5.41) is 5.69. The summed E-state index contributed by atoms with van der Waals surface area (Å²) in [4.78, 5) is 22.7. The SMILES string of the molecule is CCC(CC)CNC(=O)NCCc1cccc(C(N)=O)c1. The molecule has 0 radical (unpaired) electrons. The lowest BCUT2D eigenvalue weighted by molar-refractivity contribution is 0.1000. The summed E-state index contributed by atoms with van der Waals surface area (Å²) in [6.07, 6.45) is 2.80. The van der Waals surface area contributed by atoms with E-state index in [-0.39, 0.29) is 6.03 Å². The van der Waals surface area contributed by atoms with Crippen LogP contribution in [0.1, 0.15) is 42.6 Å². The Morgan fingerprint density at radius 2 is 1.90 bits per heavy atom. The molecule has 3 amide bonds. The molecular weight excluding hydrogens is 266 g/mol. The van der Waals surface area contributed by atoms with Gasteiger partial charge in [-0.1, -0.05) is 38.8 Å². The highest BCUT2D eigenvalue weighted by molar-refractivity contribution is 5.92. The first-order valence-corrected chi connectivity index (χ1v) is 7.47. The molecule has 0 saturated carbocycles. The number of carbonyl (C=O) groups excluding carboxylic acids is 2. The van der Waals surface area contributed by atoms with Gasteiger partial charge in [0, 0.05) is 18.7 Å². The van der Waals surface area contributed by atoms with Gasteiger partial charge in [0.2, 0.25) is 5.91 Å². The predicted molar refractivity (Wildman–Crippen MR) is 84.1 cm³/mol. The van der Waals surface area contributed by atoms with Crippen LogP contribution in [0.5, 0.6) is 0 Å². The van der Waals surface area contributed by atoms with E-state index in [0.717, 1.165) is 18.4 Å². The van der Waals surface area contributed by atoms with Crippen molar-refractivity contribution in [3.05, 3.63) is 35.4 Å². The Kier molecular flexibility index (Phi) is 7.29. The summed E-state index contributed by atoms with van der Waals surface area (Å²) in [5.41, 5.74) is 6.70. The Hall–Kier alpha value is -2.04. The molecule has 0 saturated heterocycles.